The van der Waals surface area contributed by atoms with Crippen LogP contribution in [0.15, 0.2) is 24.3 Å². The number of anilines is 1. The molecule has 0 aliphatic heterocycles. The number of carbonyl (C=O) groups excluding carboxylic acids is 2. The summed E-state index contributed by atoms with van der Waals surface area (Å²) < 4.78 is 0. The van der Waals surface area contributed by atoms with Crippen LogP contribution in [0, 0.1) is 0 Å². The normalized spacial score (nSPS) is 10.1. The lowest BCUT2D eigenvalue weighted by atomic mass is 10.2. The van der Waals surface area contributed by atoms with Gasteiger partial charge in [-0.2, -0.15) is 5.21 Å². The highest BCUT2D eigenvalue weighted by molar-refractivity contribution is 6.40. The maximum Gasteiger partial charge on any atom is 0.291 e. The molecule has 0 bridgehead atoms. The molecule has 0 unspecified atom stereocenters. The molecule has 2 aromatic rings. The average Bonchev–Trinajstić information content (AvgIpc) is 2.92. The van der Waals surface area contributed by atoms with Crippen molar-refractivity contribution in [1.82, 2.24) is 20.6 Å². The van der Waals surface area contributed by atoms with Crippen LogP contribution in [0.1, 0.15) is 13.3 Å². The second-order valence-electron chi connectivity index (χ2n) is 3.54. The van der Waals surface area contributed by atoms with E-state index < -0.39 is 11.7 Å². The first-order valence-electron chi connectivity index (χ1n) is 5.38. The Morgan fingerprint density at radius 1 is 1.28 bits per heavy atom. The molecule has 7 heteroatoms. The van der Waals surface area contributed by atoms with E-state index in [1.54, 1.807) is 31.2 Å². The third-order valence-corrected chi connectivity index (χ3v) is 2.32. The van der Waals surface area contributed by atoms with Crippen molar-refractivity contribution in [3.8, 4) is 11.4 Å². The van der Waals surface area contributed by atoms with Crippen molar-refractivity contribution in [1.29, 1.82) is 0 Å². The van der Waals surface area contributed by atoms with E-state index in [0.717, 1.165) is 5.56 Å². The zero-order valence-electron chi connectivity index (χ0n) is 9.67. The summed E-state index contributed by atoms with van der Waals surface area (Å²) in [6, 6.07) is 6.81. The molecule has 0 spiro atoms. The number of ketones is 1. The van der Waals surface area contributed by atoms with Crippen molar-refractivity contribution in [3.63, 3.8) is 0 Å². The van der Waals surface area contributed by atoms with E-state index in [0.29, 0.717) is 11.5 Å². The van der Waals surface area contributed by atoms with Gasteiger partial charge >= 0.3 is 0 Å². The Morgan fingerprint density at radius 2 is 2.00 bits per heavy atom. The minimum Gasteiger partial charge on any atom is -0.319 e. The first-order chi connectivity index (χ1) is 8.70. The van der Waals surface area contributed by atoms with Gasteiger partial charge in [0.1, 0.15) is 0 Å². The van der Waals surface area contributed by atoms with E-state index >= 15 is 0 Å². The van der Waals surface area contributed by atoms with Crippen LogP contribution >= 0.6 is 0 Å². The van der Waals surface area contributed by atoms with Gasteiger partial charge in [0.15, 0.2) is 0 Å². The molecule has 7 nitrogen and oxygen atoms in total. The van der Waals surface area contributed by atoms with Gasteiger partial charge in [-0.1, -0.05) is 6.92 Å². The molecule has 0 aliphatic carbocycles. The molecular weight excluding hydrogens is 234 g/mol. The Morgan fingerprint density at radius 3 is 2.56 bits per heavy atom. The van der Waals surface area contributed by atoms with Crippen molar-refractivity contribution in [2.75, 3.05) is 5.32 Å². The van der Waals surface area contributed by atoms with E-state index in [-0.39, 0.29) is 6.42 Å². The van der Waals surface area contributed by atoms with E-state index in [9.17, 15) is 9.59 Å². The van der Waals surface area contributed by atoms with E-state index in [1.807, 2.05) is 0 Å². The molecule has 0 atom stereocenters. The topological polar surface area (TPSA) is 101 Å². The summed E-state index contributed by atoms with van der Waals surface area (Å²) in [5.41, 5.74) is 1.32. The van der Waals surface area contributed by atoms with Crippen molar-refractivity contribution in [2.45, 2.75) is 13.3 Å². The SMILES string of the molecule is CCC(=O)C(=O)Nc1ccc(-c2nn[nH]n2)cc1. The average molecular weight is 245 g/mol. The number of nitrogens with zero attached hydrogens (tertiary/aromatic N) is 3. The van der Waals surface area contributed by atoms with Crippen molar-refractivity contribution >= 4 is 17.4 Å². The predicted octanol–water partition coefficient (Wildman–Crippen LogP) is 0.784. The molecule has 0 radical (unpaired) electrons. The van der Waals surface area contributed by atoms with Gasteiger partial charge in [-0.25, -0.2) is 0 Å². The smallest absolute Gasteiger partial charge is 0.291 e. The fourth-order valence-electron chi connectivity index (χ4n) is 1.35. The highest BCUT2D eigenvalue weighted by Gasteiger charge is 2.11. The maximum absolute atomic E-state index is 11.4. The second-order valence-corrected chi connectivity index (χ2v) is 3.54. The molecular formula is C11H11N5O2. The van der Waals surface area contributed by atoms with Crippen LogP contribution in [-0.4, -0.2) is 32.3 Å². The molecule has 1 heterocycles. The standard InChI is InChI=1S/C11H11N5O2/c1-2-9(17)11(18)12-8-5-3-7(4-6-8)10-13-15-16-14-10/h3-6H,2H2,1H3,(H,12,18)(H,13,14,15,16). The molecule has 2 rings (SSSR count). The number of amides is 1. The first kappa shape index (κ1) is 11.9. The van der Waals surface area contributed by atoms with Crippen molar-refractivity contribution < 1.29 is 9.59 Å². The number of hydrogen-bond donors (Lipinski definition) is 2. The molecule has 18 heavy (non-hydrogen) atoms. The summed E-state index contributed by atoms with van der Waals surface area (Å²) in [5.74, 6) is -0.584. The second kappa shape index (κ2) is 5.17. The number of hydrogen-bond acceptors (Lipinski definition) is 5. The first-order valence-corrected chi connectivity index (χ1v) is 5.38. The zero-order chi connectivity index (χ0) is 13.0. The van der Waals surface area contributed by atoms with Gasteiger partial charge in [-0.05, 0) is 29.5 Å². The molecule has 2 N–H and O–H groups in total. The number of aromatic amines is 1. The van der Waals surface area contributed by atoms with E-state index in [2.05, 4.69) is 25.9 Å². The lowest BCUT2D eigenvalue weighted by Crippen LogP contribution is -2.21. The van der Waals surface area contributed by atoms with Gasteiger partial charge < -0.3 is 5.32 Å². The molecule has 1 amide bonds. The largest absolute Gasteiger partial charge is 0.319 e. The summed E-state index contributed by atoms with van der Waals surface area (Å²) in [5, 5.41) is 16.0. The number of tetrazole rings is 1. The summed E-state index contributed by atoms with van der Waals surface area (Å²) in [6.07, 6.45) is 0.187. The molecule has 1 aromatic heterocycles. The minimum atomic E-state index is -0.607. The molecule has 0 aliphatic rings. The number of nitrogens with one attached hydrogen (secondary N) is 2. The van der Waals surface area contributed by atoms with Crippen molar-refractivity contribution in [3.05, 3.63) is 24.3 Å². The Balaban J connectivity index is 2.09. The Hall–Kier alpha value is -2.57. The highest BCUT2D eigenvalue weighted by Crippen LogP contribution is 2.16. The van der Waals surface area contributed by atoms with Crippen LogP contribution in [0.25, 0.3) is 11.4 Å². The van der Waals surface area contributed by atoms with Crippen LogP contribution in [0.4, 0.5) is 5.69 Å². The quantitative estimate of drug-likeness (QED) is 0.775. The predicted molar refractivity (Wildman–Crippen MR) is 63.5 cm³/mol. The number of carbonyl (C=O) groups is 2. The van der Waals surface area contributed by atoms with Gasteiger partial charge in [0.05, 0.1) is 0 Å². The van der Waals surface area contributed by atoms with Gasteiger partial charge in [0.2, 0.25) is 11.6 Å². The number of Topliss-reactive ketones (excluding diaryl/α,β-unsaturated/α-hetero) is 1. The Labute approximate surface area is 103 Å². The Kier molecular flexibility index (Phi) is 3.42. The van der Waals surface area contributed by atoms with Crippen LogP contribution in [-0.2, 0) is 9.59 Å². The van der Waals surface area contributed by atoms with Gasteiger partial charge in [0.25, 0.3) is 5.91 Å². The maximum atomic E-state index is 11.4. The number of H-pyrrole nitrogens is 1. The van der Waals surface area contributed by atoms with Gasteiger partial charge in [-0.15, -0.1) is 10.2 Å². The number of aromatic nitrogens is 4. The monoisotopic (exact) mass is 245 g/mol. The van der Waals surface area contributed by atoms with Crippen LogP contribution in [0.2, 0.25) is 0 Å². The van der Waals surface area contributed by atoms with Crippen molar-refractivity contribution in [2.24, 2.45) is 0 Å². The Bertz CT molecular complexity index is 547. The van der Waals surface area contributed by atoms with E-state index in [1.165, 1.54) is 0 Å². The third kappa shape index (κ3) is 2.57. The fourth-order valence-corrected chi connectivity index (χ4v) is 1.35. The summed E-state index contributed by atoms with van der Waals surface area (Å²) in [4.78, 5) is 22.5. The third-order valence-electron chi connectivity index (χ3n) is 2.32. The van der Waals surface area contributed by atoms with E-state index in [4.69, 9.17) is 0 Å². The minimum absolute atomic E-state index is 0.187. The summed E-state index contributed by atoms with van der Waals surface area (Å²) >= 11 is 0. The summed E-state index contributed by atoms with van der Waals surface area (Å²) in [6.45, 7) is 1.64. The molecule has 0 saturated heterocycles. The van der Waals surface area contributed by atoms with Gasteiger partial charge in [-0.3, -0.25) is 9.59 Å². The number of benzene rings is 1. The lowest BCUT2D eigenvalue weighted by molar-refractivity contribution is -0.134. The summed E-state index contributed by atoms with van der Waals surface area (Å²) in [7, 11) is 0. The van der Waals surface area contributed by atoms with Crippen LogP contribution in [0.3, 0.4) is 0 Å². The lowest BCUT2D eigenvalue weighted by Gasteiger charge is -2.03. The molecule has 0 saturated carbocycles. The fraction of sp³-hybridized carbons (Fsp3) is 0.182. The van der Waals surface area contributed by atoms with Crippen LogP contribution in [0.5, 0.6) is 0 Å². The number of rotatable bonds is 4. The zero-order valence-corrected chi connectivity index (χ0v) is 9.67. The highest BCUT2D eigenvalue weighted by atomic mass is 16.2. The van der Waals surface area contributed by atoms with Crippen LogP contribution < -0.4 is 5.32 Å². The molecule has 0 fully saturated rings. The van der Waals surface area contributed by atoms with Gasteiger partial charge in [0, 0.05) is 17.7 Å². The molecule has 92 valence electrons. The molecule has 1 aromatic carbocycles.